The van der Waals surface area contributed by atoms with E-state index in [4.69, 9.17) is 0 Å². The molecule has 0 saturated carbocycles. The summed E-state index contributed by atoms with van der Waals surface area (Å²) in [7, 11) is 0. The Hall–Kier alpha value is -0.150. The molecule has 54 valence electrons. The molecule has 0 aromatic heterocycles. The minimum atomic E-state index is -1.87. The van der Waals surface area contributed by atoms with Gasteiger partial charge in [-0.25, -0.2) is 0 Å². The summed E-state index contributed by atoms with van der Waals surface area (Å²) >= 11 is -1.87. The van der Waals surface area contributed by atoms with Crippen molar-refractivity contribution in [3.05, 3.63) is 12.2 Å². The molecular formula is C6H11O2S-. The van der Waals surface area contributed by atoms with E-state index in [0.29, 0.717) is 6.42 Å². The molecule has 0 aliphatic heterocycles. The second-order valence-corrected chi connectivity index (χ2v) is 2.69. The predicted octanol–water partition coefficient (Wildman–Crippen LogP) is 1.22. The van der Waals surface area contributed by atoms with Crippen molar-refractivity contribution >= 4 is 11.1 Å². The Morgan fingerprint density at radius 2 is 2.22 bits per heavy atom. The molecule has 0 saturated heterocycles. The van der Waals surface area contributed by atoms with Crippen LogP contribution >= 0.6 is 0 Å². The lowest BCUT2D eigenvalue weighted by Crippen LogP contribution is -1.91. The zero-order valence-corrected chi connectivity index (χ0v) is 6.32. The third-order valence-corrected chi connectivity index (χ3v) is 1.42. The molecule has 1 unspecified atom stereocenters. The Balaban J connectivity index is 3.09. The second kappa shape index (κ2) is 5.98. The van der Waals surface area contributed by atoms with Gasteiger partial charge in [0.05, 0.1) is 0 Å². The Kier molecular flexibility index (Phi) is 5.88. The molecule has 0 aliphatic carbocycles. The highest BCUT2D eigenvalue weighted by Crippen LogP contribution is 1.87. The van der Waals surface area contributed by atoms with Gasteiger partial charge in [-0.05, 0) is 12.8 Å². The van der Waals surface area contributed by atoms with Gasteiger partial charge in [0.15, 0.2) is 0 Å². The van der Waals surface area contributed by atoms with Gasteiger partial charge in [0.25, 0.3) is 0 Å². The molecule has 0 heterocycles. The van der Waals surface area contributed by atoms with E-state index in [9.17, 15) is 8.76 Å². The summed E-state index contributed by atoms with van der Waals surface area (Å²) in [5.41, 5.74) is 0. The smallest absolute Gasteiger partial charge is 0.0136 e. The zero-order chi connectivity index (χ0) is 7.11. The van der Waals surface area contributed by atoms with Crippen molar-refractivity contribution in [2.45, 2.75) is 19.8 Å². The van der Waals surface area contributed by atoms with E-state index in [1.54, 1.807) is 0 Å². The molecule has 0 amide bonds. The van der Waals surface area contributed by atoms with Crippen molar-refractivity contribution in [3.8, 4) is 0 Å². The molecule has 0 N–H and O–H groups in total. The highest BCUT2D eigenvalue weighted by Gasteiger charge is 1.78. The number of hydrogen-bond acceptors (Lipinski definition) is 2. The summed E-state index contributed by atoms with van der Waals surface area (Å²) in [5.74, 6) is 0.247. The van der Waals surface area contributed by atoms with Crippen molar-refractivity contribution < 1.29 is 8.76 Å². The van der Waals surface area contributed by atoms with Gasteiger partial charge < -0.3 is 4.55 Å². The van der Waals surface area contributed by atoms with Crippen LogP contribution in [0.15, 0.2) is 12.2 Å². The molecule has 2 nitrogen and oxygen atoms in total. The Bertz CT molecular complexity index is 110. The largest absolute Gasteiger partial charge is 0.772 e. The Morgan fingerprint density at radius 3 is 2.67 bits per heavy atom. The van der Waals surface area contributed by atoms with E-state index in [2.05, 4.69) is 0 Å². The zero-order valence-electron chi connectivity index (χ0n) is 5.50. The van der Waals surface area contributed by atoms with Gasteiger partial charge in [-0.3, -0.25) is 4.21 Å². The number of rotatable bonds is 4. The quantitative estimate of drug-likeness (QED) is 0.443. The maximum absolute atomic E-state index is 9.93. The molecule has 0 spiro atoms. The molecule has 1 atom stereocenters. The van der Waals surface area contributed by atoms with Gasteiger partial charge in [-0.2, -0.15) is 0 Å². The van der Waals surface area contributed by atoms with Crippen molar-refractivity contribution in [1.29, 1.82) is 0 Å². The van der Waals surface area contributed by atoms with Crippen molar-refractivity contribution in [2.75, 3.05) is 5.75 Å². The maximum Gasteiger partial charge on any atom is 0.0136 e. The first kappa shape index (κ1) is 8.85. The van der Waals surface area contributed by atoms with E-state index in [0.717, 1.165) is 6.42 Å². The monoisotopic (exact) mass is 147 g/mol. The van der Waals surface area contributed by atoms with Crippen LogP contribution in [0.1, 0.15) is 19.8 Å². The highest BCUT2D eigenvalue weighted by atomic mass is 32.2. The molecule has 9 heavy (non-hydrogen) atoms. The number of hydrogen-bond donors (Lipinski definition) is 0. The summed E-state index contributed by atoms with van der Waals surface area (Å²) < 4.78 is 19.9. The fraction of sp³-hybridized carbons (Fsp3) is 0.667. The summed E-state index contributed by atoms with van der Waals surface area (Å²) in [6.45, 7) is 2.02. The lowest BCUT2D eigenvalue weighted by Gasteiger charge is -1.99. The van der Waals surface area contributed by atoms with Crippen LogP contribution in [0.2, 0.25) is 0 Å². The summed E-state index contributed by atoms with van der Waals surface area (Å²) in [6, 6.07) is 0. The van der Waals surface area contributed by atoms with Crippen LogP contribution in [-0.2, 0) is 11.1 Å². The van der Waals surface area contributed by atoms with Gasteiger partial charge in [0.1, 0.15) is 0 Å². The minimum absolute atomic E-state index is 0.247. The third kappa shape index (κ3) is 7.85. The minimum Gasteiger partial charge on any atom is -0.772 e. The van der Waals surface area contributed by atoms with Crippen LogP contribution in [0.3, 0.4) is 0 Å². The normalized spacial score (nSPS) is 14.4. The molecule has 0 fully saturated rings. The third-order valence-electron chi connectivity index (χ3n) is 0.854. The summed E-state index contributed by atoms with van der Waals surface area (Å²) in [4.78, 5) is 0. The summed E-state index contributed by atoms with van der Waals surface area (Å²) in [6.07, 6.45) is 5.47. The van der Waals surface area contributed by atoms with Crippen LogP contribution in [0, 0.1) is 0 Å². The van der Waals surface area contributed by atoms with Crippen molar-refractivity contribution in [2.24, 2.45) is 0 Å². The average molecular weight is 147 g/mol. The molecule has 0 rings (SSSR count). The molecule has 0 aliphatic rings. The van der Waals surface area contributed by atoms with Gasteiger partial charge in [0.2, 0.25) is 0 Å². The number of allylic oxidation sites excluding steroid dienone is 2. The van der Waals surface area contributed by atoms with E-state index in [1.165, 1.54) is 0 Å². The first-order valence-corrected chi connectivity index (χ1v) is 4.22. The maximum atomic E-state index is 9.93. The molecule has 0 aromatic carbocycles. The topological polar surface area (TPSA) is 40.1 Å². The lowest BCUT2D eigenvalue weighted by molar-refractivity contribution is 0.537. The predicted molar refractivity (Wildman–Crippen MR) is 37.8 cm³/mol. The SMILES string of the molecule is CCC=CCCS(=O)[O-]. The molecule has 3 heteroatoms. The molecule has 0 bridgehead atoms. The average Bonchev–Trinajstić information content (AvgIpc) is 1.80. The first-order chi connectivity index (χ1) is 4.27. The van der Waals surface area contributed by atoms with E-state index < -0.39 is 11.1 Å². The highest BCUT2D eigenvalue weighted by molar-refractivity contribution is 7.79. The van der Waals surface area contributed by atoms with E-state index in [1.807, 2.05) is 19.1 Å². The summed E-state index contributed by atoms with van der Waals surface area (Å²) in [5, 5.41) is 0. The van der Waals surface area contributed by atoms with Crippen LogP contribution in [-0.4, -0.2) is 14.5 Å². The lowest BCUT2D eigenvalue weighted by atomic mass is 10.4. The van der Waals surface area contributed by atoms with Crippen LogP contribution in [0.5, 0.6) is 0 Å². The first-order valence-electron chi connectivity index (χ1n) is 2.98. The van der Waals surface area contributed by atoms with Gasteiger partial charge in [-0.1, -0.05) is 30.2 Å². The molecule has 0 aromatic rings. The fourth-order valence-electron chi connectivity index (χ4n) is 0.449. The second-order valence-electron chi connectivity index (χ2n) is 1.68. The van der Waals surface area contributed by atoms with Crippen molar-refractivity contribution in [1.82, 2.24) is 0 Å². The van der Waals surface area contributed by atoms with E-state index >= 15 is 0 Å². The van der Waals surface area contributed by atoms with Crippen molar-refractivity contribution in [3.63, 3.8) is 0 Å². The van der Waals surface area contributed by atoms with Crippen LogP contribution in [0.25, 0.3) is 0 Å². The van der Waals surface area contributed by atoms with Gasteiger partial charge in [-0.15, -0.1) is 0 Å². The fourth-order valence-corrected chi connectivity index (χ4v) is 0.777. The molecule has 0 radical (unpaired) electrons. The standard InChI is InChI=1S/C6H12O2S/c1-2-3-4-5-6-9(7)8/h3-4H,2,5-6H2,1H3,(H,7,8)/p-1. The van der Waals surface area contributed by atoms with Gasteiger partial charge in [0, 0.05) is 5.75 Å². The van der Waals surface area contributed by atoms with Crippen LogP contribution in [0.4, 0.5) is 0 Å². The Labute approximate surface area is 58.3 Å². The van der Waals surface area contributed by atoms with E-state index in [-0.39, 0.29) is 5.75 Å². The Morgan fingerprint density at radius 1 is 1.56 bits per heavy atom. The van der Waals surface area contributed by atoms with Gasteiger partial charge >= 0.3 is 0 Å². The van der Waals surface area contributed by atoms with Crippen LogP contribution < -0.4 is 0 Å². The molecular weight excluding hydrogens is 136 g/mol.